The van der Waals surface area contributed by atoms with Crippen molar-refractivity contribution in [1.29, 1.82) is 0 Å². The van der Waals surface area contributed by atoms with Crippen LogP contribution >= 0.6 is 0 Å². The maximum Gasteiger partial charge on any atom is 0.252 e. The van der Waals surface area contributed by atoms with Crippen LogP contribution in [0, 0.1) is 0 Å². The lowest BCUT2D eigenvalue weighted by molar-refractivity contribution is 0.169. The van der Waals surface area contributed by atoms with E-state index in [0.29, 0.717) is 12.1 Å². The quantitative estimate of drug-likeness (QED) is 0.878. The highest BCUT2D eigenvalue weighted by Crippen LogP contribution is 2.19. The van der Waals surface area contributed by atoms with Crippen molar-refractivity contribution < 1.29 is 0 Å². The summed E-state index contributed by atoms with van der Waals surface area (Å²) >= 11 is 0. The van der Waals surface area contributed by atoms with Gasteiger partial charge in [-0.2, -0.15) is 0 Å². The van der Waals surface area contributed by atoms with Gasteiger partial charge in [-0.15, -0.1) is 0 Å². The Kier molecular flexibility index (Phi) is 3.94. The fourth-order valence-corrected chi connectivity index (χ4v) is 2.49. The molecule has 2 heterocycles. The number of nitrogens with zero attached hydrogens (tertiary/aromatic N) is 3. The molecule has 0 amide bonds. The number of piperazine rings is 1. The van der Waals surface area contributed by atoms with Crippen LogP contribution in [0.4, 0.5) is 5.82 Å². The molecule has 19 heavy (non-hydrogen) atoms. The minimum Gasteiger partial charge on any atom is -0.353 e. The summed E-state index contributed by atoms with van der Waals surface area (Å²) in [6.45, 7) is 10.3. The Balaban J connectivity index is 2.29. The van der Waals surface area contributed by atoms with E-state index in [4.69, 9.17) is 0 Å². The van der Waals surface area contributed by atoms with Crippen LogP contribution in [-0.4, -0.2) is 47.1 Å². The molecular formula is C14H24N4O. The molecule has 5 heteroatoms. The molecule has 2 rings (SSSR count). The van der Waals surface area contributed by atoms with E-state index in [1.54, 1.807) is 6.07 Å². The van der Waals surface area contributed by atoms with Crippen molar-refractivity contribution in [3.63, 3.8) is 0 Å². The van der Waals surface area contributed by atoms with E-state index in [-0.39, 0.29) is 11.5 Å². The molecule has 0 bridgehead atoms. The van der Waals surface area contributed by atoms with Crippen molar-refractivity contribution in [2.45, 2.75) is 45.7 Å². The van der Waals surface area contributed by atoms with Crippen molar-refractivity contribution in [3.8, 4) is 0 Å². The van der Waals surface area contributed by atoms with Gasteiger partial charge in [0.1, 0.15) is 11.6 Å². The largest absolute Gasteiger partial charge is 0.353 e. The summed E-state index contributed by atoms with van der Waals surface area (Å²) in [5, 5.41) is 0. The molecule has 0 radical (unpaired) electrons. The van der Waals surface area contributed by atoms with Crippen LogP contribution in [0.5, 0.6) is 0 Å². The van der Waals surface area contributed by atoms with Gasteiger partial charge in [-0.1, -0.05) is 13.8 Å². The normalized spacial score (nSPS) is 25.1. The Morgan fingerprint density at radius 1 is 1.32 bits per heavy atom. The van der Waals surface area contributed by atoms with Crippen LogP contribution in [0.1, 0.15) is 39.4 Å². The number of anilines is 1. The molecule has 106 valence electrons. The standard InChI is InChI=1S/C14H24N4O/c1-9(2)14-15-12(6-13(19)16-14)18-7-10(3)17(5)11(4)8-18/h6,9-11H,7-8H2,1-5H3,(H,15,16,19). The summed E-state index contributed by atoms with van der Waals surface area (Å²) in [4.78, 5) is 23.8. The minimum atomic E-state index is -0.0621. The van der Waals surface area contributed by atoms with Gasteiger partial charge in [0.15, 0.2) is 0 Å². The van der Waals surface area contributed by atoms with Gasteiger partial charge in [0.2, 0.25) is 0 Å². The summed E-state index contributed by atoms with van der Waals surface area (Å²) < 4.78 is 0. The second-order valence-corrected chi connectivity index (χ2v) is 5.91. The molecule has 0 spiro atoms. The van der Waals surface area contributed by atoms with Gasteiger partial charge in [0.05, 0.1) is 0 Å². The van der Waals surface area contributed by atoms with Crippen LogP contribution in [0.25, 0.3) is 0 Å². The molecule has 1 aromatic rings. The minimum absolute atomic E-state index is 0.0621. The monoisotopic (exact) mass is 264 g/mol. The first-order valence-corrected chi connectivity index (χ1v) is 6.96. The zero-order valence-electron chi connectivity index (χ0n) is 12.5. The third kappa shape index (κ3) is 2.97. The number of rotatable bonds is 2. The predicted octanol–water partition coefficient (Wildman–Crippen LogP) is 1.42. The highest BCUT2D eigenvalue weighted by Gasteiger charge is 2.27. The fourth-order valence-electron chi connectivity index (χ4n) is 2.49. The number of hydrogen-bond donors (Lipinski definition) is 1. The maximum atomic E-state index is 11.8. The second-order valence-electron chi connectivity index (χ2n) is 5.91. The Morgan fingerprint density at radius 2 is 1.89 bits per heavy atom. The van der Waals surface area contributed by atoms with Crippen molar-refractivity contribution in [2.24, 2.45) is 0 Å². The third-order valence-electron chi connectivity index (χ3n) is 3.98. The molecule has 1 fully saturated rings. The van der Waals surface area contributed by atoms with E-state index in [1.165, 1.54) is 0 Å². The molecule has 1 aromatic heterocycles. The van der Waals surface area contributed by atoms with Gasteiger partial charge >= 0.3 is 0 Å². The SMILES string of the molecule is CC(C)c1nc(N2CC(C)N(C)C(C)C2)cc(=O)[nH]1. The highest BCUT2D eigenvalue weighted by molar-refractivity contribution is 5.39. The molecule has 0 aliphatic carbocycles. The first-order chi connectivity index (χ1) is 8.88. The number of nitrogens with one attached hydrogen (secondary N) is 1. The molecular weight excluding hydrogens is 240 g/mol. The maximum absolute atomic E-state index is 11.8. The molecule has 1 aliphatic heterocycles. The topological polar surface area (TPSA) is 52.2 Å². The van der Waals surface area contributed by atoms with Crippen LogP contribution < -0.4 is 10.5 Å². The van der Waals surface area contributed by atoms with Crippen LogP contribution in [0.15, 0.2) is 10.9 Å². The van der Waals surface area contributed by atoms with Gasteiger partial charge < -0.3 is 9.88 Å². The number of aromatic amines is 1. The number of hydrogen-bond acceptors (Lipinski definition) is 4. The Morgan fingerprint density at radius 3 is 2.42 bits per heavy atom. The average molecular weight is 264 g/mol. The predicted molar refractivity (Wildman–Crippen MR) is 77.8 cm³/mol. The lowest BCUT2D eigenvalue weighted by Gasteiger charge is -2.43. The van der Waals surface area contributed by atoms with Crippen molar-refractivity contribution in [1.82, 2.24) is 14.9 Å². The van der Waals surface area contributed by atoms with Crippen LogP contribution in [0.3, 0.4) is 0 Å². The summed E-state index contributed by atoms with van der Waals surface area (Å²) in [6, 6.07) is 2.54. The molecule has 1 saturated heterocycles. The van der Waals surface area contributed by atoms with Crippen molar-refractivity contribution in [2.75, 3.05) is 25.0 Å². The van der Waals surface area contributed by atoms with Crippen LogP contribution in [0.2, 0.25) is 0 Å². The fraction of sp³-hybridized carbons (Fsp3) is 0.714. The summed E-state index contributed by atoms with van der Waals surface area (Å²) in [7, 11) is 2.15. The molecule has 1 N–H and O–H groups in total. The Bertz CT molecular complexity index is 484. The molecule has 5 nitrogen and oxygen atoms in total. The van der Waals surface area contributed by atoms with E-state index in [2.05, 4.69) is 40.7 Å². The average Bonchev–Trinajstić information content (AvgIpc) is 2.34. The van der Waals surface area contributed by atoms with E-state index in [1.807, 2.05) is 13.8 Å². The molecule has 0 saturated carbocycles. The van der Waals surface area contributed by atoms with Gasteiger partial charge in [-0.3, -0.25) is 9.69 Å². The van der Waals surface area contributed by atoms with E-state index in [0.717, 1.165) is 24.7 Å². The van der Waals surface area contributed by atoms with Gasteiger partial charge in [0, 0.05) is 37.2 Å². The van der Waals surface area contributed by atoms with Crippen molar-refractivity contribution in [3.05, 3.63) is 22.2 Å². The molecule has 2 atom stereocenters. The summed E-state index contributed by atoms with van der Waals surface area (Å²) in [5.41, 5.74) is -0.0621. The summed E-state index contributed by atoms with van der Waals surface area (Å²) in [5.74, 6) is 1.80. The van der Waals surface area contributed by atoms with Gasteiger partial charge in [-0.05, 0) is 20.9 Å². The molecule has 1 aliphatic rings. The molecule has 2 unspecified atom stereocenters. The van der Waals surface area contributed by atoms with Gasteiger partial charge in [0.25, 0.3) is 5.56 Å². The first-order valence-electron chi connectivity index (χ1n) is 6.96. The third-order valence-corrected chi connectivity index (χ3v) is 3.98. The Hall–Kier alpha value is -1.36. The summed E-state index contributed by atoms with van der Waals surface area (Å²) in [6.07, 6.45) is 0. The number of H-pyrrole nitrogens is 1. The highest BCUT2D eigenvalue weighted by atomic mass is 16.1. The van der Waals surface area contributed by atoms with E-state index >= 15 is 0 Å². The van der Waals surface area contributed by atoms with E-state index < -0.39 is 0 Å². The molecule has 0 aromatic carbocycles. The second kappa shape index (κ2) is 5.33. The lowest BCUT2D eigenvalue weighted by atomic mass is 10.1. The number of likely N-dealkylation sites (N-methyl/N-ethyl adjacent to an activating group) is 1. The van der Waals surface area contributed by atoms with Gasteiger partial charge in [-0.25, -0.2) is 4.98 Å². The Labute approximate surface area is 114 Å². The van der Waals surface area contributed by atoms with Crippen molar-refractivity contribution >= 4 is 5.82 Å². The number of aromatic nitrogens is 2. The lowest BCUT2D eigenvalue weighted by Crippen LogP contribution is -2.55. The van der Waals surface area contributed by atoms with E-state index in [9.17, 15) is 4.79 Å². The zero-order valence-corrected chi connectivity index (χ0v) is 12.5. The first kappa shape index (κ1) is 14.1. The smallest absolute Gasteiger partial charge is 0.252 e. The zero-order chi connectivity index (χ0) is 14.2. The van der Waals surface area contributed by atoms with Crippen LogP contribution in [-0.2, 0) is 0 Å².